The summed E-state index contributed by atoms with van der Waals surface area (Å²) in [6, 6.07) is 10.4. The largest absolute Gasteiger partial charge is 0.418 e. The lowest BCUT2D eigenvalue weighted by molar-refractivity contribution is 0.516. The molecule has 0 saturated carbocycles. The molecule has 114 valence electrons. The second kappa shape index (κ2) is 5.90. The maximum atomic E-state index is 11.5. The Bertz CT molecular complexity index is 870. The molecule has 0 aliphatic carbocycles. The molecule has 6 nitrogen and oxygen atoms in total. The van der Waals surface area contributed by atoms with Crippen molar-refractivity contribution < 1.29 is 12.8 Å². The molecule has 3 rings (SSSR count). The summed E-state index contributed by atoms with van der Waals surface area (Å²) in [4.78, 5) is 1.18. The summed E-state index contributed by atoms with van der Waals surface area (Å²) in [6.07, 6.45) is 1.18. The molecule has 0 bridgehead atoms. The molecule has 0 spiro atoms. The molecular formula is C14H13N3O3S2. The van der Waals surface area contributed by atoms with Crippen molar-refractivity contribution in [3.8, 4) is 10.8 Å². The molecule has 0 saturated heterocycles. The minimum Gasteiger partial charge on any atom is -0.418 e. The van der Waals surface area contributed by atoms with Gasteiger partial charge in [0, 0.05) is 11.9 Å². The van der Waals surface area contributed by atoms with Gasteiger partial charge in [-0.1, -0.05) is 12.1 Å². The average Bonchev–Trinajstić information content (AvgIpc) is 3.15. The van der Waals surface area contributed by atoms with Crippen LogP contribution in [0.25, 0.3) is 10.8 Å². The second-order valence-corrected chi connectivity index (χ2v) is 7.60. The van der Waals surface area contributed by atoms with Gasteiger partial charge in [0.1, 0.15) is 0 Å². The van der Waals surface area contributed by atoms with Crippen LogP contribution in [-0.4, -0.2) is 24.9 Å². The highest BCUT2D eigenvalue weighted by Crippen LogP contribution is 2.23. The van der Waals surface area contributed by atoms with Crippen molar-refractivity contribution in [2.45, 2.75) is 11.4 Å². The van der Waals surface area contributed by atoms with Gasteiger partial charge in [-0.2, -0.15) is 0 Å². The van der Waals surface area contributed by atoms with Crippen LogP contribution >= 0.6 is 11.3 Å². The highest BCUT2D eigenvalue weighted by molar-refractivity contribution is 7.90. The molecule has 2 heterocycles. The summed E-state index contributed by atoms with van der Waals surface area (Å²) < 4.78 is 28.6. The van der Waals surface area contributed by atoms with E-state index >= 15 is 0 Å². The van der Waals surface area contributed by atoms with Crippen LogP contribution in [0.4, 0.5) is 5.69 Å². The van der Waals surface area contributed by atoms with Crippen molar-refractivity contribution in [3.05, 3.63) is 47.7 Å². The van der Waals surface area contributed by atoms with Gasteiger partial charge in [0.25, 0.3) is 5.89 Å². The maximum Gasteiger partial charge on any atom is 0.257 e. The van der Waals surface area contributed by atoms with E-state index in [0.29, 0.717) is 24.0 Å². The summed E-state index contributed by atoms with van der Waals surface area (Å²) in [5, 5.41) is 13.0. The van der Waals surface area contributed by atoms with Crippen molar-refractivity contribution in [2.24, 2.45) is 0 Å². The third kappa shape index (κ3) is 3.34. The van der Waals surface area contributed by atoms with Crippen LogP contribution < -0.4 is 5.32 Å². The number of thiophene rings is 1. The first-order valence-corrected chi connectivity index (χ1v) is 9.20. The number of aromatic nitrogens is 2. The molecule has 1 aromatic carbocycles. The van der Waals surface area contributed by atoms with E-state index in [2.05, 4.69) is 15.5 Å². The Kier molecular flexibility index (Phi) is 3.95. The Morgan fingerprint density at radius 2 is 2.09 bits per heavy atom. The Morgan fingerprint density at radius 3 is 2.82 bits per heavy atom. The lowest BCUT2D eigenvalue weighted by Crippen LogP contribution is -2.02. The molecule has 22 heavy (non-hydrogen) atoms. The summed E-state index contributed by atoms with van der Waals surface area (Å²) in [7, 11) is -3.22. The Labute approximate surface area is 131 Å². The van der Waals surface area contributed by atoms with Crippen LogP contribution in [0.2, 0.25) is 0 Å². The quantitative estimate of drug-likeness (QED) is 0.772. The smallest absolute Gasteiger partial charge is 0.257 e. The number of sulfone groups is 1. The predicted molar refractivity (Wildman–Crippen MR) is 84.5 cm³/mol. The van der Waals surface area contributed by atoms with Gasteiger partial charge in [0.2, 0.25) is 5.89 Å². The number of hydrogen-bond acceptors (Lipinski definition) is 7. The zero-order valence-electron chi connectivity index (χ0n) is 11.7. The fourth-order valence-corrected chi connectivity index (χ4v) is 3.15. The van der Waals surface area contributed by atoms with Crippen LogP contribution in [0.3, 0.4) is 0 Å². The topological polar surface area (TPSA) is 85.1 Å². The lowest BCUT2D eigenvalue weighted by Gasteiger charge is -2.05. The van der Waals surface area contributed by atoms with Gasteiger partial charge in [0.15, 0.2) is 9.84 Å². The van der Waals surface area contributed by atoms with Crippen LogP contribution in [0, 0.1) is 0 Å². The number of anilines is 1. The molecule has 0 atom stereocenters. The van der Waals surface area contributed by atoms with E-state index in [9.17, 15) is 8.42 Å². The van der Waals surface area contributed by atoms with Gasteiger partial charge in [-0.05, 0) is 29.6 Å². The highest BCUT2D eigenvalue weighted by atomic mass is 32.2. The monoisotopic (exact) mass is 335 g/mol. The molecule has 0 radical (unpaired) electrons. The molecule has 1 N–H and O–H groups in total. The van der Waals surface area contributed by atoms with E-state index in [4.69, 9.17) is 4.42 Å². The third-order valence-corrected chi connectivity index (χ3v) is 4.87. The Hall–Kier alpha value is -2.19. The molecule has 8 heteroatoms. The molecule has 2 aromatic heterocycles. The molecule has 3 aromatic rings. The molecule has 0 unspecified atom stereocenters. The van der Waals surface area contributed by atoms with Crippen LogP contribution in [0.15, 0.2) is 51.1 Å². The first-order chi connectivity index (χ1) is 10.5. The van der Waals surface area contributed by atoms with Crippen molar-refractivity contribution in [1.82, 2.24) is 10.2 Å². The first kappa shape index (κ1) is 14.7. The van der Waals surface area contributed by atoms with Crippen LogP contribution in [-0.2, 0) is 16.4 Å². The Morgan fingerprint density at radius 1 is 1.23 bits per heavy atom. The van der Waals surface area contributed by atoms with Crippen molar-refractivity contribution in [2.75, 3.05) is 11.6 Å². The summed E-state index contributed by atoms with van der Waals surface area (Å²) >= 11 is 1.53. The maximum absolute atomic E-state index is 11.5. The van der Waals surface area contributed by atoms with E-state index in [1.165, 1.54) is 17.6 Å². The van der Waals surface area contributed by atoms with Gasteiger partial charge >= 0.3 is 0 Å². The van der Waals surface area contributed by atoms with E-state index in [0.717, 1.165) is 4.88 Å². The fourth-order valence-electron chi connectivity index (χ4n) is 1.84. The first-order valence-electron chi connectivity index (χ1n) is 6.42. The molecular weight excluding hydrogens is 322 g/mol. The van der Waals surface area contributed by atoms with Crippen molar-refractivity contribution >= 4 is 26.9 Å². The third-order valence-electron chi connectivity index (χ3n) is 2.90. The second-order valence-electron chi connectivity index (χ2n) is 4.63. The van der Waals surface area contributed by atoms with Gasteiger partial charge < -0.3 is 9.73 Å². The number of nitrogens with zero attached hydrogens (tertiary/aromatic N) is 2. The number of nitrogens with one attached hydrogen (secondary N) is 1. The fraction of sp³-hybridized carbons (Fsp3) is 0.143. The van der Waals surface area contributed by atoms with Gasteiger partial charge in [-0.15, -0.1) is 21.5 Å². The Balaban J connectivity index is 1.71. The van der Waals surface area contributed by atoms with Crippen LogP contribution in [0.1, 0.15) is 5.89 Å². The summed E-state index contributed by atoms with van der Waals surface area (Å²) in [5.41, 5.74) is 0.679. The predicted octanol–water partition coefficient (Wildman–Crippen LogP) is 2.81. The number of hydrogen-bond donors (Lipinski definition) is 1. The number of rotatable bonds is 5. The minimum atomic E-state index is -3.22. The lowest BCUT2D eigenvalue weighted by atomic mass is 10.3. The molecule has 0 amide bonds. The van der Waals surface area contributed by atoms with Crippen LogP contribution in [0.5, 0.6) is 0 Å². The van der Waals surface area contributed by atoms with Gasteiger partial charge in [-0.3, -0.25) is 0 Å². The zero-order valence-corrected chi connectivity index (χ0v) is 13.3. The molecule has 0 aliphatic heterocycles. The van der Waals surface area contributed by atoms with Gasteiger partial charge in [0.05, 0.1) is 16.3 Å². The zero-order chi connectivity index (χ0) is 15.6. The molecule has 0 aliphatic rings. The van der Waals surface area contributed by atoms with E-state index in [1.807, 2.05) is 17.5 Å². The van der Waals surface area contributed by atoms with Crippen molar-refractivity contribution in [1.29, 1.82) is 0 Å². The summed E-state index contributed by atoms with van der Waals surface area (Å²) in [6.45, 7) is 0.325. The summed E-state index contributed by atoms with van der Waals surface area (Å²) in [5.74, 6) is 0.921. The van der Waals surface area contributed by atoms with E-state index in [-0.39, 0.29) is 4.90 Å². The average molecular weight is 335 g/mol. The SMILES string of the molecule is CS(=O)(=O)c1cccc(NCc2nnc(-c3cccs3)o2)c1. The van der Waals surface area contributed by atoms with E-state index < -0.39 is 9.84 Å². The van der Waals surface area contributed by atoms with Crippen molar-refractivity contribution in [3.63, 3.8) is 0 Å². The molecule has 0 fully saturated rings. The number of benzene rings is 1. The standard InChI is InChI=1S/C14H13N3O3S2/c1-22(18,19)11-5-2-4-10(8-11)15-9-13-16-17-14(20-13)12-6-3-7-21-12/h2-8,15H,9H2,1H3. The van der Waals surface area contributed by atoms with E-state index in [1.54, 1.807) is 24.3 Å². The van der Waals surface area contributed by atoms with Gasteiger partial charge in [-0.25, -0.2) is 8.42 Å². The highest BCUT2D eigenvalue weighted by Gasteiger charge is 2.10. The minimum absolute atomic E-state index is 0.266. The normalized spacial score (nSPS) is 11.5.